The van der Waals surface area contributed by atoms with Crippen molar-refractivity contribution in [3.63, 3.8) is 0 Å². The van der Waals surface area contributed by atoms with Crippen molar-refractivity contribution in [1.82, 2.24) is 10.3 Å². The molecule has 0 aliphatic carbocycles. The van der Waals surface area contributed by atoms with Crippen LogP contribution >= 0.6 is 0 Å². The lowest BCUT2D eigenvalue weighted by Crippen LogP contribution is -2.44. The van der Waals surface area contributed by atoms with Gasteiger partial charge in [-0.1, -0.05) is 0 Å². The number of rotatable bonds is 2. The summed E-state index contributed by atoms with van der Waals surface area (Å²) in [6, 6.07) is 5.94. The van der Waals surface area contributed by atoms with E-state index < -0.39 is 0 Å². The number of nitrogens with one attached hydrogen (secondary N) is 1. The standard InChI is InChI=1S/C13H16N4O/c1-10(18)16-11-4-6-17(7-5-11)13-3-2-12(8-14)15-9-13/h2-3,9,11H,4-7H2,1H3,(H,16,18). The molecule has 18 heavy (non-hydrogen) atoms. The molecule has 0 saturated carbocycles. The summed E-state index contributed by atoms with van der Waals surface area (Å²) >= 11 is 0. The Morgan fingerprint density at radius 2 is 2.22 bits per heavy atom. The van der Waals surface area contributed by atoms with Crippen molar-refractivity contribution in [1.29, 1.82) is 5.26 Å². The molecule has 1 saturated heterocycles. The smallest absolute Gasteiger partial charge is 0.217 e. The minimum absolute atomic E-state index is 0.0356. The molecule has 1 N–H and O–H groups in total. The summed E-state index contributed by atoms with van der Waals surface area (Å²) in [5.74, 6) is 0.0356. The third kappa shape index (κ3) is 2.98. The van der Waals surface area contributed by atoms with Crippen molar-refractivity contribution < 1.29 is 4.79 Å². The first-order valence-electron chi connectivity index (χ1n) is 6.07. The Hall–Kier alpha value is -2.09. The van der Waals surface area contributed by atoms with Gasteiger partial charge in [0.2, 0.25) is 5.91 Å². The van der Waals surface area contributed by atoms with Crippen molar-refractivity contribution in [3.8, 4) is 6.07 Å². The summed E-state index contributed by atoms with van der Waals surface area (Å²) in [7, 11) is 0. The molecule has 1 aliphatic rings. The molecule has 2 heterocycles. The summed E-state index contributed by atoms with van der Waals surface area (Å²) in [6.45, 7) is 3.36. The van der Waals surface area contributed by atoms with E-state index in [1.807, 2.05) is 12.1 Å². The van der Waals surface area contributed by atoms with Crippen LogP contribution in [0.1, 0.15) is 25.5 Å². The molecule has 0 unspecified atom stereocenters. The second-order valence-electron chi connectivity index (χ2n) is 4.48. The number of carbonyl (C=O) groups excluding carboxylic acids is 1. The summed E-state index contributed by atoms with van der Waals surface area (Å²) in [6.07, 6.45) is 3.62. The number of anilines is 1. The number of hydrogen-bond donors (Lipinski definition) is 1. The van der Waals surface area contributed by atoms with Crippen molar-refractivity contribution in [2.75, 3.05) is 18.0 Å². The van der Waals surface area contributed by atoms with E-state index in [1.165, 1.54) is 0 Å². The highest BCUT2D eigenvalue weighted by Gasteiger charge is 2.19. The van der Waals surface area contributed by atoms with Crippen molar-refractivity contribution in [2.24, 2.45) is 0 Å². The highest BCUT2D eigenvalue weighted by Crippen LogP contribution is 2.19. The topological polar surface area (TPSA) is 69.0 Å². The molecular formula is C13H16N4O. The molecule has 0 atom stereocenters. The van der Waals surface area contributed by atoms with E-state index in [-0.39, 0.29) is 11.9 Å². The van der Waals surface area contributed by atoms with E-state index in [0.717, 1.165) is 31.6 Å². The van der Waals surface area contributed by atoms with Gasteiger partial charge in [-0.05, 0) is 25.0 Å². The molecule has 1 aliphatic heterocycles. The number of pyridine rings is 1. The average Bonchev–Trinajstić information content (AvgIpc) is 2.39. The van der Waals surface area contributed by atoms with Crippen LogP contribution in [0.15, 0.2) is 18.3 Å². The Morgan fingerprint density at radius 3 is 2.72 bits per heavy atom. The molecule has 0 spiro atoms. The Bertz CT molecular complexity index is 455. The molecule has 1 aromatic rings. The van der Waals surface area contributed by atoms with Crippen molar-refractivity contribution in [2.45, 2.75) is 25.8 Å². The molecule has 5 heteroatoms. The fourth-order valence-electron chi connectivity index (χ4n) is 2.21. The Kier molecular flexibility index (Phi) is 3.78. The molecule has 94 valence electrons. The molecule has 2 rings (SSSR count). The minimum atomic E-state index is 0.0356. The summed E-state index contributed by atoms with van der Waals surface area (Å²) in [4.78, 5) is 17.3. The van der Waals surface area contributed by atoms with Gasteiger partial charge in [0.25, 0.3) is 0 Å². The molecule has 0 bridgehead atoms. The number of amides is 1. The monoisotopic (exact) mass is 244 g/mol. The normalized spacial score (nSPS) is 16.1. The van der Waals surface area contributed by atoms with E-state index in [2.05, 4.69) is 15.2 Å². The van der Waals surface area contributed by atoms with Crippen LogP contribution < -0.4 is 10.2 Å². The summed E-state index contributed by atoms with van der Waals surface area (Å²) in [5.41, 5.74) is 1.47. The number of nitriles is 1. The van der Waals surface area contributed by atoms with E-state index in [0.29, 0.717) is 5.69 Å². The highest BCUT2D eigenvalue weighted by atomic mass is 16.1. The Morgan fingerprint density at radius 1 is 1.50 bits per heavy atom. The third-order valence-electron chi connectivity index (χ3n) is 3.13. The number of aromatic nitrogens is 1. The molecular weight excluding hydrogens is 228 g/mol. The van der Waals surface area contributed by atoms with Crippen LogP contribution in [-0.4, -0.2) is 30.0 Å². The third-order valence-corrected chi connectivity index (χ3v) is 3.13. The van der Waals surface area contributed by atoms with Crippen LogP contribution in [0, 0.1) is 11.3 Å². The number of hydrogen-bond acceptors (Lipinski definition) is 4. The predicted octanol–water partition coefficient (Wildman–Crippen LogP) is 1.06. The van der Waals surface area contributed by atoms with Gasteiger partial charge in [-0.2, -0.15) is 5.26 Å². The first-order chi connectivity index (χ1) is 8.69. The van der Waals surface area contributed by atoms with E-state index in [1.54, 1.807) is 19.2 Å². The van der Waals surface area contributed by atoms with Gasteiger partial charge >= 0.3 is 0 Å². The predicted molar refractivity (Wildman–Crippen MR) is 68.0 cm³/mol. The number of piperidine rings is 1. The molecule has 0 radical (unpaired) electrons. The lowest BCUT2D eigenvalue weighted by atomic mass is 10.0. The van der Waals surface area contributed by atoms with Gasteiger partial charge in [0.15, 0.2) is 0 Å². The molecule has 5 nitrogen and oxygen atoms in total. The van der Waals surface area contributed by atoms with Gasteiger partial charge in [0.1, 0.15) is 11.8 Å². The first-order valence-corrected chi connectivity index (χ1v) is 6.07. The van der Waals surface area contributed by atoms with Gasteiger partial charge in [-0.25, -0.2) is 4.98 Å². The van der Waals surface area contributed by atoms with E-state index >= 15 is 0 Å². The minimum Gasteiger partial charge on any atom is -0.370 e. The van der Waals surface area contributed by atoms with Gasteiger partial charge in [0.05, 0.1) is 11.9 Å². The van der Waals surface area contributed by atoms with Crippen LogP contribution in [0.5, 0.6) is 0 Å². The van der Waals surface area contributed by atoms with Gasteiger partial charge in [-0.3, -0.25) is 4.79 Å². The number of nitrogens with zero attached hydrogens (tertiary/aromatic N) is 3. The van der Waals surface area contributed by atoms with Gasteiger partial charge < -0.3 is 10.2 Å². The zero-order valence-corrected chi connectivity index (χ0v) is 10.4. The fraction of sp³-hybridized carbons (Fsp3) is 0.462. The Labute approximate surface area is 106 Å². The van der Waals surface area contributed by atoms with Crippen LogP contribution in [0.4, 0.5) is 5.69 Å². The maximum Gasteiger partial charge on any atom is 0.217 e. The molecule has 0 aromatic carbocycles. The lowest BCUT2D eigenvalue weighted by molar-refractivity contribution is -0.119. The van der Waals surface area contributed by atoms with Crippen molar-refractivity contribution >= 4 is 11.6 Å². The van der Waals surface area contributed by atoms with E-state index in [9.17, 15) is 4.79 Å². The van der Waals surface area contributed by atoms with Crippen LogP contribution in [0.2, 0.25) is 0 Å². The largest absolute Gasteiger partial charge is 0.370 e. The van der Waals surface area contributed by atoms with Crippen LogP contribution in [0.25, 0.3) is 0 Å². The first kappa shape index (κ1) is 12.4. The van der Waals surface area contributed by atoms with Gasteiger partial charge in [0, 0.05) is 26.1 Å². The second kappa shape index (κ2) is 5.50. The zero-order valence-electron chi connectivity index (χ0n) is 10.4. The quantitative estimate of drug-likeness (QED) is 0.844. The second-order valence-corrected chi connectivity index (χ2v) is 4.48. The maximum atomic E-state index is 11.0. The molecule has 1 aromatic heterocycles. The maximum absolute atomic E-state index is 11.0. The summed E-state index contributed by atoms with van der Waals surface area (Å²) in [5, 5.41) is 11.6. The number of carbonyl (C=O) groups is 1. The average molecular weight is 244 g/mol. The summed E-state index contributed by atoms with van der Waals surface area (Å²) < 4.78 is 0. The van der Waals surface area contributed by atoms with Crippen molar-refractivity contribution in [3.05, 3.63) is 24.0 Å². The Balaban J connectivity index is 1.93. The SMILES string of the molecule is CC(=O)NC1CCN(c2ccc(C#N)nc2)CC1. The zero-order chi connectivity index (χ0) is 13.0. The molecule has 1 fully saturated rings. The highest BCUT2D eigenvalue weighted by molar-refractivity contribution is 5.73. The van der Waals surface area contributed by atoms with E-state index in [4.69, 9.17) is 5.26 Å². The van der Waals surface area contributed by atoms with Crippen LogP contribution in [0.3, 0.4) is 0 Å². The molecule has 1 amide bonds. The fourth-order valence-corrected chi connectivity index (χ4v) is 2.21. The van der Waals surface area contributed by atoms with Crippen LogP contribution in [-0.2, 0) is 4.79 Å². The lowest BCUT2D eigenvalue weighted by Gasteiger charge is -2.33. The van der Waals surface area contributed by atoms with Gasteiger partial charge in [-0.15, -0.1) is 0 Å².